The van der Waals surface area contributed by atoms with Crippen molar-refractivity contribution in [2.45, 2.75) is 13.0 Å². The summed E-state index contributed by atoms with van der Waals surface area (Å²) in [7, 11) is 2.89. The molecular formula is C11H16N4O5. The van der Waals surface area contributed by atoms with Gasteiger partial charge in [0.15, 0.2) is 6.04 Å². The van der Waals surface area contributed by atoms with E-state index in [9.17, 15) is 14.9 Å². The number of hydrogen-bond acceptors (Lipinski definition) is 7. The molecule has 1 fully saturated rings. The quantitative estimate of drug-likeness (QED) is 0.438. The molecule has 0 bridgehead atoms. The number of ether oxygens (including phenoxy) is 2. The maximum Gasteiger partial charge on any atom is 0.333 e. The summed E-state index contributed by atoms with van der Waals surface area (Å²) in [5.41, 5.74) is 0.214. The average Bonchev–Trinajstić information content (AvgIpc) is 2.72. The molecule has 0 radical (unpaired) electrons. The van der Waals surface area contributed by atoms with Crippen LogP contribution in [0, 0.1) is 17.0 Å². The fourth-order valence-corrected chi connectivity index (χ4v) is 2.36. The van der Waals surface area contributed by atoms with E-state index in [1.54, 1.807) is 18.9 Å². The summed E-state index contributed by atoms with van der Waals surface area (Å²) < 4.78 is 11.4. The summed E-state index contributed by atoms with van der Waals surface area (Å²) in [6, 6.07) is -0.706. The van der Waals surface area contributed by atoms with Gasteiger partial charge >= 0.3 is 11.7 Å². The van der Waals surface area contributed by atoms with E-state index in [1.807, 2.05) is 0 Å². The molecule has 2 heterocycles. The van der Waals surface area contributed by atoms with E-state index in [2.05, 4.69) is 5.10 Å². The number of aromatic nitrogens is 2. The van der Waals surface area contributed by atoms with Gasteiger partial charge < -0.3 is 14.4 Å². The molecule has 1 aromatic rings. The summed E-state index contributed by atoms with van der Waals surface area (Å²) in [5.74, 6) is -0.191. The molecule has 0 saturated carbocycles. The minimum Gasteiger partial charge on any atom is -0.467 e. The highest BCUT2D eigenvalue weighted by atomic mass is 16.6. The van der Waals surface area contributed by atoms with Crippen LogP contribution in [-0.4, -0.2) is 53.6 Å². The van der Waals surface area contributed by atoms with E-state index < -0.39 is 16.9 Å². The Morgan fingerprint density at radius 1 is 1.60 bits per heavy atom. The number of morpholine rings is 1. The van der Waals surface area contributed by atoms with E-state index in [1.165, 1.54) is 11.8 Å². The zero-order chi connectivity index (χ0) is 14.9. The van der Waals surface area contributed by atoms with Crippen molar-refractivity contribution in [2.75, 3.05) is 31.8 Å². The number of methoxy groups -OCH3 is 1. The lowest BCUT2D eigenvalue weighted by molar-refractivity contribution is -0.384. The zero-order valence-corrected chi connectivity index (χ0v) is 11.5. The van der Waals surface area contributed by atoms with Gasteiger partial charge in [0, 0.05) is 13.6 Å². The number of aryl methyl sites for hydroxylation is 2. The molecule has 1 saturated heterocycles. The average molecular weight is 284 g/mol. The van der Waals surface area contributed by atoms with Crippen LogP contribution in [0.25, 0.3) is 0 Å². The van der Waals surface area contributed by atoms with Crippen LogP contribution >= 0.6 is 0 Å². The van der Waals surface area contributed by atoms with Crippen molar-refractivity contribution in [1.82, 2.24) is 9.78 Å². The molecule has 1 aliphatic heterocycles. The van der Waals surface area contributed by atoms with Crippen molar-refractivity contribution in [3.05, 3.63) is 15.8 Å². The molecule has 9 nitrogen and oxygen atoms in total. The first kappa shape index (κ1) is 14.3. The lowest BCUT2D eigenvalue weighted by Crippen LogP contribution is -2.51. The first-order valence-electron chi connectivity index (χ1n) is 6.07. The van der Waals surface area contributed by atoms with Gasteiger partial charge in [-0.1, -0.05) is 0 Å². The number of nitrogens with zero attached hydrogens (tertiary/aromatic N) is 4. The number of carbonyl (C=O) groups excluding carboxylic acids is 1. The number of rotatable bonds is 3. The Morgan fingerprint density at radius 2 is 2.30 bits per heavy atom. The molecule has 110 valence electrons. The third-order valence-corrected chi connectivity index (χ3v) is 3.22. The fourth-order valence-electron chi connectivity index (χ4n) is 2.36. The van der Waals surface area contributed by atoms with Gasteiger partial charge in [-0.25, -0.2) is 9.48 Å². The maximum atomic E-state index is 11.8. The highest BCUT2D eigenvalue weighted by molar-refractivity contribution is 5.81. The Bertz CT molecular complexity index is 541. The van der Waals surface area contributed by atoms with Gasteiger partial charge in [-0.3, -0.25) is 10.1 Å². The number of nitro groups is 1. The number of carbonyl (C=O) groups is 1. The molecule has 0 aliphatic carbocycles. The Morgan fingerprint density at radius 3 is 2.90 bits per heavy atom. The molecule has 9 heteroatoms. The van der Waals surface area contributed by atoms with Gasteiger partial charge in [0.1, 0.15) is 5.69 Å². The minimum absolute atomic E-state index is 0.0942. The van der Waals surface area contributed by atoms with Crippen LogP contribution in [0.1, 0.15) is 5.69 Å². The Labute approximate surface area is 115 Å². The van der Waals surface area contributed by atoms with E-state index in [0.717, 1.165) is 0 Å². The van der Waals surface area contributed by atoms with Gasteiger partial charge in [0.25, 0.3) is 0 Å². The summed E-state index contributed by atoms with van der Waals surface area (Å²) in [6.45, 7) is 2.44. The lowest BCUT2D eigenvalue weighted by Gasteiger charge is -2.34. The standard InChI is InChI=1S/C11H16N4O5/c1-7-9(15(17)18)10(13(2)12-7)14-4-5-20-6-8(14)11(16)19-3/h8H,4-6H2,1-3H3. The molecule has 0 aromatic carbocycles. The molecule has 2 rings (SSSR count). The molecule has 0 amide bonds. The van der Waals surface area contributed by atoms with Crippen LogP contribution in [0.5, 0.6) is 0 Å². The third kappa shape index (κ3) is 2.31. The molecule has 1 unspecified atom stereocenters. The number of hydrogen-bond donors (Lipinski definition) is 0. The second-order valence-electron chi connectivity index (χ2n) is 4.45. The summed E-state index contributed by atoms with van der Waals surface area (Å²) in [4.78, 5) is 24.2. The van der Waals surface area contributed by atoms with Gasteiger partial charge in [-0.05, 0) is 6.92 Å². The summed E-state index contributed by atoms with van der Waals surface area (Å²) in [5, 5.41) is 15.3. The molecule has 1 aromatic heterocycles. The van der Waals surface area contributed by atoms with Crippen molar-refractivity contribution < 1.29 is 19.2 Å². The predicted octanol–water partition coefficient (Wildman–Crippen LogP) is 0.0149. The van der Waals surface area contributed by atoms with Gasteiger partial charge in [-0.15, -0.1) is 0 Å². The lowest BCUT2D eigenvalue weighted by atomic mass is 10.2. The normalized spacial score (nSPS) is 18.9. The van der Waals surface area contributed by atoms with Crippen molar-refractivity contribution in [2.24, 2.45) is 7.05 Å². The molecule has 0 spiro atoms. The SMILES string of the molecule is COC(=O)C1COCCN1c1c([N+](=O)[O-])c(C)nn1C. The van der Waals surface area contributed by atoms with Gasteiger partial charge in [-0.2, -0.15) is 5.10 Å². The van der Waals surface area contributed by atoms with Crippen molar-refractivity contribution in [3.8, 4) is 0 Å². The second-order valence-corrected chi connectivity index (χ2v) is 4.45. The largest absolute Gasteiger partial charge is 0.467 e. The van der Waals surface area contributed by atoms with E-state index >= 15 is 0 Å². The monoisotopic (exact) mass is 284 g/mol. The fraction of sp³-hybridized carbons (Fsp3) is 0.636. The first-order chi connectivity index (χ1) is 9.47. The molecule has 1 aliphatic rings. The van der Waals surface area contributed by atoms with Crippen molar-refractivity contribution in [1.29, 1.82) is 0 Å². The molecule has 1 atom stereocenters. The number of esters is 1. The Hall–Kier alpha value is -2.16. The number of anilines is 1. The maximum absolute atomic E-state index is 11.8. The highest BCUT2D eigenvalue weighted by Gasteiger charge is 2.37. The summed E-state index contributed by atoms with van der Waals surface area (Å²) in [6.07, 6.45) is 0. The molecule has 20 heavy (non-hydrogen) atoms. The second kappa shape index (κ2) is 5.45. The van der Waals surface area contributed by atoms with Crippen LogP contribution in [0.3, 0.4) is 0 Å². The van der Waals surface area contributed by atoms with Crippen molar-refractivity contribution in [3.63, 3.8) is 0 Å². The minimum atomic E-state index is -0.706. The van der Waals surface area contributed by atoms with Crippen molar-refractivity contribution >= 4 is 17.5 Å². The highest BCUT2D eigenvalue weighted by Crippen LogP contribution is 2.33. The van der Waals surface area contributed by atoms with Gasteiger partial charge in [0.05, 0.1) is 25.2 Å². The van der Waals surface area contributed by atoms with E-state index in [0.29, 0.717) is 24.7 Å². The molecular weight excluding hydrogens is 268 g/mol. The van der Waals surface area contributed by atoms with Crippen LogP contribution in [0.4, 0.5) is 11.5 Å². The summed E-state index contributed by atoms with van der Waals surface area (Å²) >= 11 is 0. The first-order valence-corrected chi connectivity index (χ1v) is 6.07. The third-order valence-electron chi connectivity index (χ3n) is 3.22. The molecule has 0 N–H and O–H groups in total. The smallest absolute Gasteiger partial charge is 0.333 e. The van der Waals surface area contributed by atoms with Crippen LogP contribution in [0.15, 0.2) is 0 Å². The topological polar surface area (TPSA) is 99.7 Å². The van der Waals surface area contributed by atoms with Crippen LogP contribution < -0.4 is 4.90 Å². The predicted molar refractivity (Wildman–Crippen MR) is 68.6 cm³/mol. The van der Waals surface area contributed by atoms with Crippen LogP contribution in [-0.2, 0) is 21.3 Å². The Kier molecular flexibility index (Phi) is 3.89. The zero-order valence-electron chi connectivity index (χ0n) is 11.5. The van der Waals surface area contributed by atoms with E-state index in [-0.39, 0.29) is 12.3 Å². The van der Waals surface area contributed by atoms with Crippen LogP contribution in [0.2, 0.25) is 0 Å². The Balaban J connectivity index is 2.47. The van der Waals surface area contributed by atoms with E-state index in [4.69, 9.17) is 9.47 Å². The van der Waals surface area contributed by atoms with Gasteiger partial charge in [0.2, 0.25) is 5.82 Å².